The molecule has 2 aliphatic rings. The van der Waals surface area contributed by atoms with E-state index in [0.717, 1.165) is 44.9 Å². The number of aryl methyl sites for hydroxylation is 2. The van der Waals surface area contributed by atoms with Crippen LogP contribution in [0.1, 0.15) is 47.6 Å². The molecule has 0 aromatic carbocycles. The number of nitrogens with zero attached hydrogens (tertiary/aromatic N) is 1. The van der Waals surface area contributed by atoms with Crippen molar-refractivity contribution in [2.75, 3.05) is 39.4 Å². The van der Waals surface area contributed by atoms with Gasteiger partial charge in [0, 0.05) is 31.7 Å². The van der Waals surface area contributed by atoms with Crippen molar-refractivity contribution in [3.8, 4) is 0 Å². The zero-order chi connectivity index (χ0) is 16.3. The third-order valence-corrected chi connectivity index (χ3v) is 5.22. The lowest BCUT2D eigenvalue weighted by Crippen LogP contribution is -2.48. The van der Waals surface area contributed by atoms with Gasteiger partial charge in [-0.05, 0) is 58.7 Å². The Kier molecular flexibility index (Phi) is 5.07. The third-order valence-electron chi connectivity index (χ3n) is 5.22. The number of likely N-dealkylation sites (tertiary alicyclic amines) is 1. The van der Waals surface area contributed by atoms with Crippen LogP contribution in [-0.4, -0.2) is 50.2 Å². The van der Waals surface area contributed by atoms with Crippen LogP contribution in [0.4, 0.5) is 0 Å². The largest absolute Gasteiger partial charge is 0.466 e. The zero-order valence-electron chi connectivity index (χ0n) is 14.3. The van der Waals surface area contributed by atoms with E-state index in [1.807, 2.05) is 19.9 Å². The maximum atomic E-state index is 12.5. The lowest BCUT2D eigenvalue weighted by atomic mass is 9.79. The van der Waals surface area contributed by atoms with Crippen LogP contribution < -0.4 is 5.32 Å². The highest BCUT2D eigenvalue weighted by Gasteiger charge is 2.35. The summed E-state index contributed by atoms with van der Waals surface area (Å²) in [4.78, 5) is 15.0. The van der Waals surface area contributed by atoms with E-state index < -0.39 is 0 Å². The smallest absolute Gasteiger partial charge is 0.254 e. The van der Waals surface area contributed by atoms with Crippen molar-refractivity contribution in [2.24, 2.45) is 5.41 Å². The molecule has 5 heteroatoms. The van der Waals surface area contributed by atoms with Gasteiger partial charge in [-0.15, -0.1) is 0 Å². The Labute approximate surface area is 138 Å². The first kappa shape index (κ1) is 16.5. The highest BCUT2D eigenvalue weighted by molar-refractivity contribution is 5.95. The van der Waals surface area contributed by atoms with Gasteiger partial charge < -0.3 is 19.4 Å². The summed E-state index contributed by atoms with van der Waals surface area (Å²) in [6, 6.07) is 1.82. The molecule has 5 nitrogen and oxygen atoms in total. The van der Waals surface area contributed by atoms with E-state index in [-0.39, 0.29) is 11.3 Å². The van der Waals surface area contributed by atoms with E-state index in [4.69, 9.17) is 9.15 Å². The van der Waals surface area contributed by atoms with Crippen molar-refractivity contribution in [2.45, 2.75) is 39.5 Å². The monoisotopic (exact) mass is 320 g/mol. The van der Waals surface area contributed by atoms with Gasteiger partial charge in [-0.25, -0.2) is 0 Å². The molecule has 128 valence electrons. The summed E-state index contributed by atoms with van der Waals surface area (Å²) < 4.78 is 11.0. The van der Waals surface area contributed by atoms with Gasteiger partial charge in [0.1, 0.15) is 11.5 Å². The Bertz CT molecular complexity index is 540. The van der Waals surface area contributed by atoms with Gasteiger partial charge in [0.05, 0.1) is 5.56 Å². The van der Waals surface area contributed by atoms with Crippen LogP contribution in [0.15, 0.2) is 10.5 Å². The van der Waals surface area contributed by atoms with Gasteiger partial charge in [-0.3, -0.25) is 4.79 Å². The number of nitrogens with one attached hydrogen (secondary N) is 1. The molecule has 1 N–H and O–H groups in total. The highest BCUT2D eigenvalue weighted by Crippen LogP contribution is 2.32. The average Bonchev–Trinajstić information content (AvgIpc) is 3.15. The van der Waals surface area contributed by atoms with Crippen LogP contribution in [-0.2, 0) is 4.74 Å². The second kappa shape index (κ2) is 7.05. The number of furan rings is 1. The standard InChI is InChI=1S/C18H28N2O3/c1-14-11-16(15(2)23-14)17(21)19-12-18(5-9-22-10-6-18)13-20-7-3-4-8-20/h11H,3-10,12-13H2,1-2H3,(H,19,21). The van der Waals surface area contributed by atoms with E-state index >= 15 is 0 Å². The number of ether oxygens (including phenoxy) is 1. The molecule has 2 fully saturated rings. The molecule has 1 amide bonds. The van der Waals surface area contributed by atoms with Gasteiger partial charge in [0.15, 0.2) is 0 Å². The van der Waals surface area contributed by atoms with Crippen LogP contribution in [0, 0.1) is 19.3 Å². The van der Waals surface area contributed by atoms with Crippen LogP contribution in [0.5, 0.6) is 0 Å². The molecule has 2 saturated heterocycles. The van der Waals surface area contributed by atoms with Gasteiger partial charge in [-0.1, -0.05) is 0 Å². The third kappa shape index (κ3) is 3.96. The predicted molar refractivity (Wildman–Crippen MR) is 88.7 cm³/mol. The van der Waals surface area contributed by atoms with E-state index in [2.05, 4.69) is 10.2 Å². The maximum absolute atomic E-state index is 12.5. The minimum atomic E-state index is -0.0216. The lowest BCUT2D eigenvalue weighted by molar-refractivity contribution is -0.000638. The van der Waals surface area contributed by atoms with Crippen molar-refractivity contribution in [1.82, 2.24) is 10.2 Å². The van der Waals surface area contributed by atoms with Crippen molar-refractivity contribution in [1.29, 1.82) is 0 Å². The molecule has 0 saturated carbocycles. The summed E-state index contributed by atoms with van der Waals surface area (Å²) in [7, 11) is 0. The molecular weight excluding hydrogens is 292 g/mol. The van der Waals surface area contributed by atoms with E-state index in [1.54, 1.807) is 0 Å². The fourth-order valence-corrected chi connectivity index (χ4v) is 3.83. The molecule has 0 spiro atoms. The first-order valence-corrected chi connectivity index (χ1v) is 8.73. The summed E-state index contributed by atoms with van der Waals surface area (Å²) in [5.41, 5.74) is 0.802. The number of rotatable bonds is 5. The Morgan fingerprint density at radius 1 is 1.26 bits per heavy atom. The molecule has 3 heterocycles. The summed E-state index contributed by atoms with van der Waals surface area (Å²) in [5, 5.41) is 3.16. The van der Waals surface area contributed by atoms with Gasteiger partial charge >= 0.3 is 0 Å². The van der Waals surface area contributed by atoms with Crippen molar-refractivity contribution >= 4 is 5.91 Å². The van der Waals surface area contributed by atoms with Crippen molar-refractivity contribution in [3.05, 3.63) is 23.2 Å². The molecule has 0 unspecified atom stereocenters. The van der Waals surface area contributed by atoms with Crippen LogP contribution in [0.25, 0.3) is 0 Å². The quantitative estimate of drug-likeness (QED) is 0.906. The minimum Gasteiger partial charge on any atom is -0.466 e. The zero-order valence-corrected chi connectivity index (χ0v) is 14.3. The SMILES string of the molecule is Cc1cc(C(=O)NCC2(CN3CCCC3)CCOCC2)c(C)o1. The molecule has 23 heavy (non-hydrogen) atoms. The molecule has 0 bridgehead atoms. The fourth-order valence-electron chi connectivity index (χ4n) is 3.83. The molecular formula is C18H28N2O3. The summed E-state index contributed by atoms with van der Waals surface area (Å²) in [5.74, 6) is 1.46. The first-order chi connectivity index (χ1) is 11.1. The first-order valence-electron chi connectivity index (χ1n) is 8.73. The van der Waals surface area contributed by atoms with Crippen molar-refractivity contribution < 1.29 is 13.9 Å². The molecule has 3 rings (SSSR count). The Morgan fingerprint density at radius 3 is 2.57 bits per heavy atom. The summed E-state index contributed by atoms with van der Waals surface area (Å²) in [6.45, 7) is 9.48. The Hall–Kier alpha value is -1.33. The average molecular weight is 320 g/mol. The number of carbonyl (C=O) groups is 1. The van der Waals surface area contributed by atoms with Gasteiger partial charge in [0.25, 0.3) is 5.91 Å². The maximum Gasteiger partial charge on any atom is 0.254 e. The fraction of sp³-hybridized carbons (Fsp3) is 0.722. The molecule has 2 aliphatic heterocycles. The molecule has 1 aromatic rings. The van der Waals surface area contributed by atoms with Crippen LogP contribution in [0.2, 0.25) is 0 Å². The second-order valence-corrected chi connectivity index (χ2v) is 7.11. The second-order valence-electron chi connectivity index (χ2n) is 7.11. The molecule has 1 aromatic heterocycles. The number of amides is 1. The summed E-state index contributed by atoms with van der Waals surface area (Å²) in [6.07, 6.45) is 4.64. The number of hydrogen-bond donors (Lipinski definition) is 1. The van der Waals surface area contributed by atoms with Crippen LogP contribution in [0.3, 0.4) is 0 Å². The Morgan fingerprint density at radius 2 is 1.96 bits per heavy atom. The minimum absolute atomic E-state index is 0.0216. The van der Waals surface area contributed by atoms with Crippen molar-refractivity contribution in [3.63, 3.8) is 0 Å². The van der Waals surface area contributed by atoms with E-state index in [0.29, 0.717) is 11.3 Å². The molecule has 0 atom stereocenters. The van der Waals surface area contributed by atoms with E-state index in [9.17, 15) is 4.79 Å². The number of carbonyl (C=O) groups excluding carboxylic acids is 1. The highest BCUT2D eigenvalue weighted by atomic mass is 16.5. The predicted octanol–water partition coefficient (Wildman–Crippen LogP) is 2.52. The Balaban J connectivity index is 1.63. The normalized spacial score (nSPS) is 21.5. The number of hydrogen-bond acceptors (Lipinski definition) is 4. The molecule has 0 aliphatic carbocycles. The lowest BCUT2D eigenvalue weighted by Gasteiger charge is -2.40. The van der Waals surface area contributed by atoms with E-state index in [1.165, 1.54) is 25.9 Å². The van der Waals surface area contributed by atoms with Crippen LogP contribution >= 0.6 is 0 Å². The van der Waals surface area contributed by atoms with Gasteiger partial charge in [-0.2, -0.15) is 0 Å². The molecule has 0 radical (unpaired) electrons. The topological polar surface area (TPSA) is 54.7 Å². The summed E-state index contributed by atoms with van der Waals surface area (Å²) >= 11 is 0. The van der Waals surface area contributed by atoms with Gasteiger partial charge in [0.2, 0.25) is 0 Å².